The quantitative estimate of drug-likeness (QED) is 0.783. The molecule has 136 valence electrons. The molecule has 0 fully saturated rings. The maximum absolute atomic E-state index is 12.3. The zero-order valence-corrected chi connectivity index (χ0v) is 15.0. The van der Waals surface area contributed by atoms with Crippen LogP contribution in [0.3, 0.4) is 0 Å². The van der Waals surface area contributed by atoms with Gasteiger partial charge in [-0.15, -0.1) is 0 Å². The minimum Gasteiger partial charge on any atom is -0.497 e. The molecule has 3 rings (SSSR count). The van der Waals surface area contributed by atoms with Gasteiger partial charge in [-0.3, -0.25) is 0 Å². The second kappa shape index (κ2) is 7.13. The molecule has 0 radical (unpaired) electrons. The van der Waals surface area contributed by atoms with E-state index in [4.69, 9.17) is 19.4 Å². The molecular formula is C19H19NO5S. The van der Waals surface area contributed by atoms with E-state index in [1.807, 2.05) is 6.07 Å². The lowest BCUT2D eigenvalue weighted by Crippen LogP contribution is -2.11. The molecule has 2 N–H and O–H groups in total. The summed E-state index contributed by atoms with van der Waals surface area (Å²) in [6.45, 7) is 3.89. The van der Waals surface area contributed by atoms with Gasteiger partial charge in [0.05, 0.1) is 7.11 Å². The van der Waals surface area contributed by atoms with E-state index in [2.05, 4.69) is 6.58 Å². The summed E-state index contributed by atoms with van der Waals surface area (Å²) in [6.07, 6.45) is -0.608. The Morgan fingerprint density at radius 3 is 2.38 bits per heavy atom. The summed E-state index contributed by atoms with van der Waals surface area (Å²) < 4.78 is 40.6. The highest BCUT2D eigenvalue weighted by atomic mass is 32.2. The van der Waals surface area contributed by atoms with Crippen LogP contribution in [0.15, 0.2) is 78.4 Å². The van der Waals surface area contributed by atoms with E-state index in [-0.39, 0.29) is 17.4 Å². The Hall–Kier alpha value is -2.93. The van der Waals surface area contributed by atoms with E-state index in [1.165, 1.54) is 0 Å². The molecule has 1 aliphatic rings. The topological polar surface area (TPSA) is 87.9 Å². The lowest BCUT2D eigenvalue weighted by Gasteiger charge is -2.13. The van der Waals surface area contributed by atoms with Crippen LogP contribution in [0.4, 0.5) is 0 Å². The first-order valence-corrected chi connectivity index (χ1v) is 9.43. The van der Waals surface area contributed by atoms with Crippen LogP contribution in [0.2, 0.25) is 0 Å². The molecule has 0 amide bonds. The van der Waals surface area contributed by atoms with Crippen LogP contribution in [-0.4, -0.2) is 15.5 Å². The summed E-state index contributed by atoms with van der Waals surface area (Å²) in [6, 6.07) is 15.9. The Morgan fingerprint density at radius 2 is 1.77 bits per heavy atom. The summed E-state index contributed by atoms with van der Waals surface area (Å²) in [5.41, 5.74) is 7.56. The number of methoxy groups -OCH3 is 1. The lowest BCUT2D eigenvalue weighted by molar-refractivity contribution is 0.165. The second-order valence-electron chi connectivity index (χ2n) is 5.76. The van der Waals surface area contributed by atoms with E-state index in [9.17, 15) is 8.42 Å². The lowest BCUT2D eigenvalue weighted by atomic mass is 10.0. The molecule has 0 spiro atoms. The molecule has 2 aromatic rings. The number of hydrogen-bond acceptors (Lipinski definition) is 6. The van der Waals surface area contributed by atoms with Crippen LogP contribution < -0.4 is 10.5 Å². The van der Waals surface area contributed by atoms with Gasteiger partial charge >= 0.3 is 10.1 Å². The molecule has 1 atom stereocenters. The number of benzene rings is 2. The SMILES string of the molecule is C=C1C(OS(=O)(=O)Cc2ccccc2)=C(N)OC1c1ccc(OC)cc1. The van der Waals surface area contributed by atoms with Crippen molar-refractivity contribution in [1.29, 1.82) is 0 Å². The highest BCUT2D eigenvalue weighted by molar-refractivity contribution is 7.86. The maximum atomic E-state index is 12.3. The standard InChI is InChI=1S/C19H19NO5S/c1-13-17(15-8-10-16(23-2)11-9-15)24-19(20)18(13)25-26(21,22)12-14-6-4-3-5-7-14/h3-11,17H,1,12,20H2,2H3. The molecule has 26 heavy (non-hydrogen) atoms. The highest BCUT2D eigenvalue weighted by Crippen LogP contribution is 2.39. The molecule has 1 aliphatic heterocycles. The molecule has 6 nitrogen and oxygen atoms in total. The van der Waals surface area contributed by atoms with Gasteiger partial charge in [-0.25, -0.2) is 0 Å². The molecule has 7 heteroatoms. The summed E-state index contributed by atoms with van der Waals surface area (Å²) in [5.74, 6) is 0.264. The van der Waals surface area contributed by atoms with Crippen molar-refractivity contribution in [3.05, 3.63) is 89.5 Å². The van der Waals surface area contributed by atoms with Crippen molar-refractivity contribution in [1.82, 2.24) is 0 Å². The Balaban J connectivity index is 1.75. The van der Waals surface area contributed by atoms with Crippen LogP contribution in [0.5, 0.6) is 5.75 Å². The van der Waals surface area contributed by atoms with Gasteiger partial charge in [0.25, 0.3) is 0 Å². The highest BCUT2D eigenvalue weighted by Gasteiger charge is 2.34. The largest absolute Gasteiger partial charge is 0.497 e. The van der Waals surface area contributed by atoms with Crippen LogP contribution >= 0.6 is 0 Å². The first-order valence-electron chi connectivity index (χ1n) is 7.85. The molecule has 0 aromatic heterocycles. The third-order valence-electron chi connectivity index (χ3n) is 3.89. The first-order chi connectivity index (χ1) is 12.4. The number of nitrogens with two attached hydrogens (primary N) is 1. The fourth-order valence-corrected chi connectivity index (χ4v) is 3.71. The third-order valence-corrected chi connectivity index (χ3v) is 5.00. The van der Waals surface area contributed by atoms with E-state index in [0.29, 0.717) is 16.9 Å². The second-order valence-corrected chi connectivity index (χ2v) is 7.33. The van der Waals surface area contributed by atoms with E-state index < -0.39 is 16.2 Å². The van der Waals surface area contributed by atoms with Crippen molar-refractivity contribution in [2.45, 2.75) is 11.9 Å². The van der Waals surface area contributed by atoms with Crippen molar-refractivity contribution in [3.8, 4) is 5.75 Å². The Bertz CT molecular complexity index is 934. The minimum absolute atomic E-state index is 0.0539. The smallest absolute Gasteiger partial charge is 0.313 e. The zero-order chi connectivity index (χ0) is 18.7. The summed E-state index contributed by atoms with van der Waals surface area (Å²) >= 11 is 0. The Kier molecular flexibility index (Phi) is 4.90. The van der Waals surface area contributed by atoms with Gasteiger partial charge in [0.1, 0.15) is 11.5 Å². The van der Waals surface area contributed by atoms with Gasteiger partial charge in [-0.05, 0) is 23.3 Å². The van der Waals surface area contributed by atoms with Gasteiger partial charge in [0.2, 0.25) is 11.6 Å². The van der Waals surface area contributed by atoms with Crippen LogP contribution in [0.1, 0.15) is 17.2 Å². The summed E-state index contributed by atoms with van der Waals surface area (Å²) in [7, 11) is -2.33. The van der Waals surface area contributed by atoms with Crippen molar-refractivity contribution >= 4 is 10.1 Å². The Labute approximate surface area is 152 Å². The van der Waals surface area contributed by atoms with E-state index in [0.717, 1.165) is 5.56 Å². The normalized spacial score (nSPS) is 17.1. The van der Waals surface area contributed by atoms with E-state index >= 15 is 0 Å². The average molecular weight is 373 g/mol. The molecule has 1 unspecified atom stereocenters. The molecule has 0 bridgehead atoms. The molecule has 0 saturated heterocycles. The maximum Gasteiger partial charge on any atom is 0.313 e. The first kappa shape index (κ1) is 17.9. The van der Waals surface area contributed by atoms with Gasteiger partial charge in [-0.1, -0.05) is 49.0 Å². The number of rotatable bonds is 6. The predicted octanol–water partition coefficient (Wildman–Crippen LogP) is 3.00. The monoisotopic (exact) mass is 373 g/mol. The van der Waals surface area contributed by atoms with Crippen molar-refractivity contribution in [3.63, 3.8) is 0 Å². The average Bonchev–Trinajstić information content (AvgIpc) is 2.90. The van der Waals surface area contributed by atoms with E-state index in [1.54, 1.807) is 55.6 Å². The van der Waals surface area contributed by atoms with Gasteiger partial charge in [0, 0.05) is 5.57 Å². The van der Waals surface area contributed by atoms with Crippen molar-refractivity contribution < 1.29 is 22.1 Å². The van der Waals surface area contributed by atoms with Crippen molar-refractivity contribution in [2.75, 3.05) is 7.11 Å². The van der Waals surface area contributed by atoms with Gasteiger partial charge in [-0.2, -0.15) is 8.42 Å². The van der Waals surface area contributed by atoms with Crippen molar-refractivity contribution in [2.24, 2.45) is 5.73 Å². The molecule has 2 aromatic carbocycles. The van der Waals surface area contributed by atoms with Gasteiger partial charge in [0.15, 0.2) is 6.10 Å². The molecular weight excluding hydrogens is 354 g/mol. The number of hydrogen-bond donors (Lipinski definition) is 1. The third kappa shape index (κ3) is 3.83. The molecule has 0 saturated carbocycles. The summed E-state index contributed by atoms with van der Waals surface area (Å²) in [4.78, 5) is 0. The predicted molar refractivity (Wildman–Crippen MR) is 97.3 cm³/mol. The van der Waals surface area contributed by atoms with Gasteiger partial charge < -0.3 is 19.4 Å². The molecule has 1 heterocycles. The summed E-state index contributed by atoms with van der Waals surface area (Å²) in [5, 5.41) is 0. The minimum atomic E-state index is -3.90. The van der Waals surface area contributed by atoms with Crippen LogP contribution in [-0.2, 0) is 24.8 Å². The van der Waals surface area contributed by atoms with Crippen LogP contribution in [0.25, 0.3) is 0 Å². The fraction of sp³-hybridized carbons (Fsp3) is 0.158. The Morgan fingerprint density at radius 1 is 1.12 bits per heavy atom. The fourth-order valence-electron chi connectivity index (χ4n) is 2.61. The number of ether oxygens (including phenoxy) is 2. The molecule has 0 aliphatic carbocycles. The zero-order valence-electron chi connectivity index (χ0n) is 14.2. The van der Waals surface area contributed by atoms with Crippen LogP contribution in [0, 0.1) is 0 Å².